The fourth-order valence-corrected chi connectivity index (χ4v) is 4.48. The molecule has 5 nitrogen and oxygen atoms in total. The van der Waals surface area contributed by atoms with Gasteiger partial charge in [-0.1, -0.05) is 65.8 Å². The summed E-state index contributed by atoms with van der Waals surface area (Å²) in [5.41, 5.74) is 3.23. The maximum Gasteiger partial charge on any atom is 0.251 e. The van der Waals surface area contributed by atoms with Crippen LogP contribution >= 0.6 is 23.4 Å². The van der Waals surface area contributed by atoms with Crippen LogP contribution in [0.2, 0.25) is 5.02 Å². The minimum Gasteiger partial charge on any atom is -0.342 e. The van der Waals surface area contributed by atoms with Crippen molar-refractivity contribution >= 4 is 29.3 Å². The molecule has 1 atom stereocenters. The molecule has 0 spiro atoms. The van der Waals surface area contributed by atoms with Crippen molar-refractivity contribution in [1.82, 2.24) is 20.1 Å². The average Bonchev–Trinajstić information content (AvgIpc) is 3.24. The van der Waals surface area contributed by atoms with E-state index in [0.29, 0.717) is 21.8 Å². The molecule has 0 bridgehead atoms. The molecule has 0 fully saturated rings. The summed E-state index contributed by atoms with van der Waals surface area (Å²) >= 11 is 7.85. The first-order valence-electron chi connectivity index (χ1n) is 10.4. The second-order valence-corrected chi connectivity index (χ2v) is 8.97. The molecular formula is C25H22ClFN4OS. The summed E-state index contributed by atoms with van der Waals surface area (Å²) in [6.45, 7) is 3.81. The Morgan fingerprint density at radius 1 is 1.09 bits per heavy atom. The Bertz CT molecular complexity index is 1280. The number of aryl methyl sites for hydroxylation is 1. The molecule has 1 unspecified atom stereocenters. The lowest BCUT2D eigenvalue weighted by atomic mass is 10.1. The minimum atomic E-state index is -0.488. The van der Waals surface area contributed by atoms with Gasteiger partial charge >= 0.3 is 0 Å². The molecule has 1 aromatic heterocycles. The second kappa shape index (κ2) is 10.2. The molecule has 0 aliphatic rings. The molecule has 1 amide bonds. The fourth-order valence-electron chi connectivity index (χ4n) is 3.40. The summed E-state index contributed by atoms with van der Waals surface area (Å²) in [7, 11) is 0. The van der Waals surface area contributed by atoms with E-state index in [1.165, 1.54) is 18.2 Å². The number of rotatable bonds is 7. The van der Waals surface area contributed by atoms with E-state index in [9.17, 15) is 9.18 Å². The predicted molar refractivity (Wildman–Crippen MR) is 129 cm³/mol. The van der Waals surface area contributed by atoms with Crippen LogP contribution in [-0.4, -0.2) is 20.7 Å². The highest BCUT2D eigenvalue weighted by Crippen LogP contribution is 2.30. The van der Waals surface area contributed by atoms with Crippen LogP contribution in [0.25, 0.3) is 5.69 Å². The van der Waals surface area contributed by atoms with Crippen molar-refractivity contribution in [3.05, 3.63) is 106 Å². The molecule has 0 saturated carbocycles. The van der Waals surface area contributed by atoms with Crippen molar-refractivity contribution in [2.75, 3.05) is 0 Å². The molecule has 0 aliphatic carbocycles. The van der Waals surface area contributed by atoms with Crippen LogP contribution in [0.15, 0.2) is 78.0 Å². The van der Waals surface area contributed by atoms with Gasteiger partial charge < -0.3 is 5.32 Å². The van der Waals surface area contributed by atoms with Crippen LogP contribution in [0.1, 0.15) is 40.3 Å². The fraction of sp³-hybridized carbons (Fsp3) is 0.160. The Hall–Kier alpha value is -3.16. The van der Waals surface area contributed by atoms with Gasteiger partial charge in [-0.15, -0.1) is 10.2 Å². The minimum absolute atomic E-state index is 0.241. The summed E-state index contributed by atoms with van der Waals surface area (Å²) in [5.74, 6) is 0.411. The van der Waals surface area contributed by atoms with E-state index >= 15 is 0 Å². The zero-order valence-electron chi connectivity index (χ0n) is 18.1. The number of halogens is 2. The van der Waals surface area contributed by atoms with Gasteiger partial charge in [-0.05, 0) is 55.3 Å². The van der Waals surface area contributed by atoms with Crippen LogP contribution in [0.5, 0.6) is 0 Å². The third kappa shape index (κ3) is 5.43. The first-order valence-corrected chi connectivity index (χ1v) is 11.7. The highest BCUT2D eigenvalue weighted by molar-refractivity contribution is 7.98. The number of benzene rings is 3. The van der Waals surface area contributed by atoms with Gasteiger partial charge in [0, 0.05) is 16.3 Å². The monoisotopic (exact) mass is 480 g/mol. The zero-order valence-corrected chi connectivity index (χ0v) is 19.7. The highest BCUT2D eigenvalue weighted by Gasteiger charge is 2.23. The number of thioether (sulfide) groups is 1. The Morgan fingerprint density at radius 2 is 1.88 bits per heavy atom. The van der Waals surface area contributed by atoms with Crippen molar-refractivity contribution < 1.29 is 9.18 Å². The molecule has 1 heterocycles. The molecule has 1 N–H and O–H groups in total. The Morgan fingerprint density at radius 3 is 2.64 bits per heavy atom. The van der Waals surface area contributed by atoms with Crippen molar-refractivity contribution in [2.45, 2.75) is 30.8 Å². The summed E-state index contributed by atoms with van der Waals surface area (Å²) in [5, 5.41) is 13.0. The lowest BCUT2D eigenvalue weighted by Gasteiger charge is -2.18. The standard InChI is InChI=1S/C25H22ClFN4OS/c1-16-11-12-20(26)14-22(16)31-23(17(2)28-24(32)19-9-6-10-21(27)13-19)29-30-25(31)33-15-18-7-4-3-5-8-18/h3-14,17H,15H2,1-2H3,(H,28,32). The van der Waals surface area contributed by atoms with Crippen LogP contribution in [0.4, 0.5) is 4.39 Å². The van der Waals surface area contributed by atoms with E-state index in [1.807, 2.05) is 54.8 Å². The summed E-state index contributed by atoms with van der Waals surface area (Å²) in [6, 6.07) is 20.8. The van der Waals surface area contributed by atoms with Gasteiger partial charge in [0.1, 0.15) is 5.82 Å². The number of carbonyl (C=O) groups excluding carboxylic acids is 1. The van der Waals surface area contributed by atoms with E-state index in [4.69, 9.17) is 11.6 Å². The number of carbonyl (C=O) groups is 1. The summed E-state index contributed by atoms with van der Waals surface area (Å²) < 4.78 is 15.5. The van der Waals surface area contributed by atoms with Crippen molar-refractivity contribution in [3.8, 4) is 5.69 Å². The van der Waals surface area contributed by atoms with Crippen LogP contribution in [0.3, 0.4) is 0 Å². The van der Waals surface area contributed by atoms with Crippen molar-refractivity contribution in [1.29, 1.82) is 0 Å². The summed E-state index contributed by atoms with van der Waals surface area (Å²) in [4.78, 5) is 12.7. The van der Waals surface area contributed by atoms with E-state index in [1.54, 1.807) is 17.8 Å². The zero-order chi connectivity index (χ0) is 23.4. The lowest BCUT2D eigenvalue weighted by molar-refractivity contribution is 0.0937. The molecule has 3 aromatic carbocycles. The molecule has 4 rings (SSSR count). The largest absolute Gasteiger partial charge is 0.342 e. The maximum absolute atomic E-state index is 13.6. The molecule has 8 heteroatoms. The second-order valence-electron chi connectivity index (χ2n) is 7.59. The molecule has 168 valence electrons. The normalized spacial score (nSPS) is 11.9. The number of hydrogen-bond donors (Lipinski definition) is 1. The van der Waals surface area contributed by atoms with Gasteiger partial charge in [-0.2, -0.15) is 0 Å². The number of amides is 1. The topological polar surface area (TPSA) is 59.8 Å². The Kier molecular flexibility index (Phi) is 7.11. The molecule has 4 aromatic rings. The molecule has 33 heavy (non-hydrogen) atoms. The third-order valence-corrected chi connectivity index (χ3v) is 6.34. The van der Waals surface area contributed by atoms with Crippen molar-refractivity contribution in [3.63, 3.8) is 0 Å². The van der Waals surface area contributed by atoms with Crippen LogP contribution in [-0.2, 0) is 5.75 Å². The van der Waals surface area contributed by atoms with Crippen LogP contribution in [0, 0.1) is 12.7 Å². The first kappa shape index (κ1) is 23.0. The smallest absolute Gasteiger partial charge is 0.251 e. The number of aromatic nitrogens is 3. The van der Waals surface area contributed by atoms with E-state index in [2.05, 4.69) is 27.6 Å². The van der Waals surface area contributed by atoms with Gasteiger partial charge in [0.25, 0.3) is 5.91 Å². The predicted octanol–water partition coefficient (Wildman–Crippen LogP) is 6.15. The first-order chi connectivity index (χ1) is 15.9. The van der Waals surface area contributed by atoms with E-state index in [0.717, 1.165) is 16.8 Å². The van der Waals surface area contributed by atoms with E-state index in [-0.39, 0.29) is 5.56 Å². The summed E-state index contributed by atoms with van der Waals surface area (Å²) in [6.07, 6.45) is 0. The van der Waals surface area contributed by atoms with E-state index < -0.39 is 17.8 Å². The molecule has 0 aliphatic heterocycles. The highest BCUT2D eigenvalue weighted by atomic mass is 35.5. The third-order valence-electron chi connectivity index (χ3n) is 5.10. The average molecular weight is 481 g/mol. The van der Waals surface area contributed by atoms with Crippen molar-refractivity contribution in [2.24, 2.45) is 0 Å². The number of nitrogens with one attached hydrogen (secondary N) is 1. The van der Waals surface area contributed by atoms with Gasteiger partial charge in [0.2, 0.25) is 0 Å². The number of nitrogens with zero attached hydrogens (tertiary/aromatic N) is 3. The van der Waals surface area contributed by atoms with Gasteiger partial charge in [-0.25, -0.2) is 4.39 Å². The SMILES string of the molecule is Cc1ccc(Cl)cc1-n1c(SCc2ccccc2)nnc1C(C)NC(=O)c1cccc(F)c1. The number of hydrogen-bond acceptors (Lipinski definition) is 4. The Balaban J connectivity index is 1.67. The van der Waals surface area contributed by atoms with Gasteiger partial charge in [0.05, 0.1) is 11.7 Å². The van der Waals surface area contributed by atoms with Gasteiger partial charge in [0.15, 0.2) is 11.0 Å². The molecule has 0 radical (unpaired) electrons. The van der Waals surface area contributed by atoms with Gasteiger partial charge in [-0.3, -0.25) is 9.36 Å². The quantitative estimate of drug-likeness (QED) is 0.322. The maximum atomic E-state index is 13.6. The Labute approximate surface area is 201 Å². The molecular weight excluding hydrogens is 459 g/mol. The molecule has 0 saturated heterocycles. The van der Waals surface area contributed by atoms with Crippen LogP contribution < -0.4 is 5.32 Å². The lowest BCUT2D eigenvalue weighted by Crippen LogP contribution is -2.28.